The van der Waals surface area contributed by atoms with Gasteiger partial charge in [-0.05, 0) is 19.3 Å². The Balaban J connectivity index is 2.10. The van der Waals surface area contributed by atoms with Gasteiger partial charge in [0.1, 0.15) is 12.3 Å². The fraction of sp³-hybridized carbons (Fsp3) is 1.00. The van der Waals surface area contributed by atoms with Crippen LogP contribution in [-0.2, 0) is 9.47 Å². The lowest BCUT2D eigenvalue weighted by atomic mass is 9.98. The molecule has 0 aromatic heterocycles. The number of hydrogen-bond donors (Lipinski definition) is 0. The quantitative estimate of drug-likeness (QED) is 0.554. The van der Waals surface area contributed by atoms with Crippen molar-refractivity contribution in [3.63, 3.8) is 0 Å². The van der Waals surface area contributed by atoms with E-state index in [1.165, 1.54) is 0 Å². The van der Waals surface area contributed by atoms with Crippen LogP contribution in [0.2, 0.25) is 0 Å². The van der Waals surface area contributed by atoms with E-state index in [1.807, 2.05) is 0 Å². The molecule has 0 aliphatic carbocycles. The van der Waals surface area contributed by atoms with E-state index in [4.69, 9.17) is 9.47 Å². The first-order valence-corrected chi connectivity index (χ1v) is 3.70. The molecule has 0 saturated carbocycles. The molecule has 0 amide bonds. The van der Waals surface area contributed by atoms with E-state index in [9.17, 15) is 4.39 Å². The van der Waals surface area contributed by atoms with Gasteiger partial charge in [0.25, 0.3) is 0 Å². The molecule has 2 bridgehead atoms. The molecule has 2 fully saturated rings. The van der Waals surface area contributed by atoms with Gasteiger partial charge in [-0.15, -0.1) is 0 Å². The lowest BCUT2D eigenvalue weighted by molar-refractivity contribution is -0.125. The third kappa shape index (κ3) is 0.847. The highest BCUT2D eigenvalue weighted by atomic mass is 19.1. The first-order valence-electron chi connectivity index (χ1n) is 3.70. The fourth-order valence-electron chi connectivity index (χ4n) is 1.59. The molecular formula is C7H11FO2. The van der Waals surface area contributed by atoms with Gasteiger partial charge in [0.15, 0.2) is 6.29 Å². The molecule has 2 unspecified atom stereocenters. The third-order valence-electron chi connectivity index (χ3n) is 2.23. The molecule has 0 spiro atoms. The van der Waals surface area contributed by atoms with Crippen LogP contribution in [0.15, 0.2) is 0 Å². The molecule has 2 aliphatic heterocycles. The predicted molar refractivity (Wildman–Crippen MR) is 33.4 cm³/mol. The van der Waals surface area contributed by atoms with Gasteiger partial charge in [-0.3, -0.25) is 0 Å². The standard InChI is InChI=1S/C7H11FO2/c8-4-7-3-1-2-6(10-7)9-5-7/h6H,1-5H2. The molecule has 2 heterocycles. The molecule has 2 atom stereocenters. The lowest BCUT2D eigenvalue weighted by Crippen LogP contribution is -2.37. The van der Waals surface area contributed by atoms with Crippen molar-refractivity contribution in [3.05, 3.63) is 0 Å². The maximum absolute atomic E-state index is 12.4. The van der Waals surface area contributed by atoms with E-state index in [2.05, 4.69) is 0 Å². The predicted octanol–water partition coefficient (Wildman–Crippen LogP) is 1.25. The first kappa shape index (κ1) is 6.55. The van der Waals surface area contributed by atoms with Gasteiger partial charge in [-0.1, -0.05) is 0 Å². The molecule has 2 aliphatic rings. The second-order valence-electron chi connectivity index (χ2n) is 3.07. The van der Waals surface area contributed by atoms with Crippen molar-refractivity contribution in [2.75, 3.05) is 13.3 Å². The monoisotopic (exact) mass is 146 g/mol. The maximum Gasteiger partial charge on any atom is 0.158 e. The van der Waals surface area contributed by atoms with Crippen LogP contribution in [-0.4, -0.2) is 25.2 Å². The van der Waals surface area contributed by atoms with Crippen LogP contribution < -0.4 is 0 Å². The molecule has 58 valence electrons. The number of fused-ring (bicyclic) bond motifs is 2. The maximum atomic E-state index is 12.4. The zero-order valence-electron chi connectivity index (χ0n) is 5.81. The average molecular weight is 146 g/mol. The number of ether oxygens (including phenoxy) is 2. The van der Waals surface area contributed by atoms with E-state index in [0.717, 1.165) is 19.3 Å². The Labute approximate surface area is 59.3 Å². The van der Waals surface area contributed by atoms with Crippen molar-refractivity contribution in [2.24, 2.45) is 0 Å². The van der Waals surface area contributed by atoms with Crippen molar-refractivity contribution in [2.45, 2.75) is 31.2 Å². The highest BCUT2D eigenvalue weighted by Crippen LogP contribution is 2.35. The molecular weight excluding hydrogens is 135 g/mol. The first-order chi connectivity index (χ1) is 4.85. The minimum absolute atomic E-state index is 0.107. The third-order valence-corrected chi connectivity index (χ3v) is 2.23. The highest BCUT2D eigenvalue weighted by Gasteiger charge is 2.44. The van der Waals surface area contributed by atoms with Crippen molar-refractivity contribution in [1.29, 1.82) is 0 Å². The molecule has 2 saturated heterocycles. The van der Waals surface area contributed by atoms with Gasteiger partial charge < -0.3 is 9.47 Å². The van der Waals surface area contributed by atoms with Crippen molar-refractivity contribution in [3.8, 4) is 0 Å². The topological polar surface area (TPSA) is 18.5 Å². The van der Waals surface area contributed by atoms with E-state index in [0.29, 0.717) is 6.61 Å². The molecule has 2 rings (SSSR count). The Morgan fingerprint density at radius 2 is 2.50 bits per heavy atom. The van der Waals surface area contributed by atoms with Gasteiger partial charge in [0.2, 0.25) is 0 Å². The highest BCUT2D eigenvalue weighted by molar-refractivity contribution is 4.88. The van der Waals surface area contributed by atoms with Crippen LogP contribution in [0.4, 0.5) is 4.39 Å². The van der Waals surface area contributed by atoms with E-state index >= 15 is 0 Å². The summed E-state index contributed by atoms with van der Waals surface area (Å²) in [6, 6.07) is 0. The molecule has 0 N–H and O–H groups in total. The number of hydrogen-bond acceptors (Lipinski definition) is 2. The summed E-state index contributed by atoms with van der Waals surface area (Å²) in [6.45, 7) is 0.0532. The molecule has 0 radical (unpaired) electrons. The van der Waals surface area contributed by atoms with Crippen LogP contribution >= 0.6 is 0 Å². The summed E-state index contributed by atoms with van der Waals surface area (Å²) in [5.74, 6) is 0. The van der Waals surface area contributed by atoms with Gasteiger partial charge in [0, 0.05) is 0 Å². The molecule has 0 aromatic rings. The molecule has 10 heavy (non-hydrogen) atoms. The summed E-state index contributed by atoms with van der Waals surface area (Å²) in [5.41, 5.74) is -0.553. The summed E-state index contributed by atoms with van der Waals surface area (Å²) < 4.78 is 22.9. The SMILES string of the molecule is FCC12CCCC(OC1)O2. The smallest absolute Gasteiger partial charge is 0.158 e. The van der Waals surface area contributed by atoms with Gasteiger partial charge in [-0.25, -0.2) is 4.39 Å². The number of rotatable bonds is 1. The zero-order chi connectivity index (χ0) is 7.03. The second kappa shape index (κ2) is 2.17. The van der Waals surface area contributed by atoms with Crippen molar-refractivity contribution in [1.82, 2.24) is 0 Å². The molecule has 0 aromatic carbocycles. The van der Waals surface area contributed by atoms with Gasteiger partial charge >= 0.3 is 0 Å². The molecule has 2 nitrogen and oxygen atoms in total. The average Bonchev–Trinajstić information content (AvgIpc) is 2.29. The summed E-state index contributed by atoms with van der Waals surface area (Å²) in [4.78, 5) is 0. The Morgan fingerprint density at radius 3 is 3.20 bits per heavy atom. The van der Waals surface area contributed by atoms with E-state index in [1.54, 1.807) is 0 Å². The zero-order valence-corrected chi connectivity index (χ0v) is 5.81. The number of halogens is 1. The minimum Gasteiger partial charge on any atom is -0.350 e. The van der Waals surface area contributed by atoms with E-state index < -0.39 is 12.3 Å². The second-order valence-corrected chi connectivity index (χ2v) is 3.07. The van der Waals surface area contributed by atoms with Crippen LogP contribution in [0.5, 0.6) is 0 Å². The number of alkyl halides is 1. The van der Waals surface area contributed by atoms with E-state index in [-0.39, 0.29) is 6.29 Å². The van der Waals surface area contributed by atoms with Crippen molar-refractivity contribution < 1.29 is 13.9 Å². The normalized spacial score (nSPS) is 45.9. The molecule has 3 heteroatoms. The van der Waals surface area contributed by atoms with Crippen LogP contribution in [0.25, 0.3) is 0 Å². The van der Waals surface area contributed by atoms with Gasteiger partial charge in [-0.2, -0.15) is 0 Å². The Hall–Kier alpha value is -0.150. The summed E-state index contributed by atoms with van der Waals surface area (Å²) in [7, 11) is 0. The summed E-state index contributed by atoms with van der Waals surface area (Å²) in [5, 5.41) is 0. The lowest BCUT2D eigenvalue weighted by Gasteiger charge is -2.27. The van der Waals surface area contributed by atoms with Gasteiger partial charge in [0.05, 0.1) is 6.61 Å². The Bertz CT molecular complexity index is 136. The van der Waals surface area contributed by atoms with Crippen molar-refractivity contribution >= 4 is 0 Å². The fourth-order valence-corrected chi connectivity index (χ4v) is 1.59. The Morgan fingerprint density at radius 1 is 1.60 bits per heavy atom. The summed E-state index contributed by atoms with van der Waals surface area (Å²) >= 11 is 0. The van der Waals surface area contributed by atoms with Crippen LogP contribution in [0.1, 0.15) is 19.3 Å². The largest absolute Gasteiger partial charge is 0.350 e. The summed E-state index contributed by atoms with van der Waals surface area (Å²) in [6.07, 6.45) is 2.68. The minimum atomic E-state index is -0.553. The Kier molecular flexibility index (Phi) is 1.42. The van der Waals surface area contributed by atoms with Crippen LogP contribution in [0, 0.1) is 0 Å². The van der Waals surface area contributed by atoms with Crippen LogP contribution in [0.3, 0.4) is 0 Å².